The van der Waals surface area contributed by atoms with Crippen LogP contribution in [0.5, 0.6) is 5.75 Å². The van der Waals surface area contributed by atoms with Crippen LogP contribution < -0.4 is 10.1 Å². The molecule has 3 aromatic rings. The van der Waals surface area contributed by atoms with Gasteiger partial charge < -0.3 is 4.74 Å². The van der Waals surface area contributed by atoms with Crippen LogP contribution in [0.25, 0.3) is 0 Å². The number of carbonyl (C=O) groups is 1. The number of rotatable bonds is 7. The maximum absolute atomic E-state index is 12.3. The summed E-state index contributed by atoms with van der Waals surface area (Å²) in [5.74, 6) is 1.27. The summed E-state index contributed by atoms with van der Waals surface area (Å²) in [6.45, 7) is 3.91. The molecule has 0 aliphatic heterocycles. The van der Waals surface area contributed by atoms with E-state index in [1.54, 1.807) is 36.0 Å². The lowest BCUT2D eigenvalue weighted by Gasteiger charge is -2.09. The van der Waals surface area contributed by atoms with Gasteiger partial charge in [-0.3, -0.25) is 10.1 Å². The Hall–Kier alpha value is -2.09. The first-order chi connectivity index (χ1) is 13.0. The van der Waals surface area contributed by atoms with Crippen LogP contribution in [0.4, 0.5) is 5.13 Å². The lowest BCUT2D eigenvalue weighted by atomic mass is 10.2. The smallest absolute Gasteiger partial charge is 0.257 e. The average molecular weight is 420 g/mol. The molecule has 0 saturated carbocycles. The van der Waals surface area contributed by atoms with Crippen molar-refractivity contribution >= 4 is 45.7 Å². The standard InChI is InChI=1S/C19H18ClN3O2S2/c1-12(2)25-16-9-5-14(6-10-16)17(24)21-18-22-23-19(27-18)26-11-13-3-7-15(20)8-4-13/h3-10,12H,11H2,1-2H3,(H,21,22,24). The normalized spacial score (nSPS) is 10.8. The van der Waals surface area contributed by atoms with Crippen LogP contribution in [0.15, 0.2) is 52.9 Å². The molecule has 27 heavy (non-hydrogen) atoms. The van der Waals surface area contributed by atoms with E-state index in [4.69, 9.17) is 16.3 Å². The molecule has 0 aliphatic carbocycles. The molecule has 2 aromatic carbocycles. The van der Waals surface area contributed by atoms with E-state index in [-0.39, 0.29) is 12.0 Å². The first-order valence-electron chi connectivity index (χ1n) is 8.28. The molecule has 1 aromatic heterocycles. The molecule has 0 aliphatic rings. The molecule has 140 valence electrons. The van der Waals surface area contributed by atoms with E-state index in [2.05, 4.69) is 15.5 Å². The van der Waals surface area contributed by atoms with Crippen molar-refractivity contribution in [3.63, 3.8) is 0 Å². The SMILES string of the molecule is CC(C)Oc1ccc(C(=O)Nc2nnc(SCc3ccc(Cl)cc3)s2)cc1. The number of carbonyl (C=O) groups excluding carboxylic acids is 1. The van der Waals surface area contributed by atoms with Gasteiger partial charge in [0.05, 0.1) is 6.10 Å². The number of benzene rings is 2. The summed E-state index contributed by atoms with van der Waals surface area (Å²) >= 11 is 8.80. The van der Waals surface area contributed by atoms with Crippen LogP contribution in [-0.4, -0.2) is 22.2 Å². The zero-order valence-corrected chi connectivity index (χ0v) is 17.2. The molecule has 0 spiro atoms. The van der Waals surface area contributed by atoms with Crippen LogP contribution in [-0.2, 0) is 5.75 Å². The molecular formula is C19H18ClN3O2S2. The average Bonchev–Trinajstić information content (AvgIpc) is 3.08. The van der Waals surface area contributed by atoms with Crippen LogP contribution in [0, 0.1) is 0 Å². The van der Waals surface area contributed by atoms with Crippen LogP contribution in [0.2, 0.25) is 5.02 Å². The molecule has 8 heteroatoms. The van der Waals surface area contributed by atoms with Gasteiger partial charge in [0.15, 0.2) is 4.34 Å². The highest BCUT2D eigenvalue weighted by atomic mass is 35.5. The number of nitrogens with one attached hydrogen (secondary N) is 1. The number of hydrogen-bond donors (Lipinski definition) is 1. The summed E-state index contributed by atoms with van der Waals surface area (Å²) in [4.78, 5) is 12.3. The fraction of sp³-hybridized carbons (Fsp3) is 0.211. The highest BCUT2D eigenvalue weighted by Crippen LogP contribution is 2.29. The van der Waals surface area contributed by atoms with Crippen molar-refractivity contribution in [1.29, 1.82) is 0 Å². The summed E-state index contributed by atoms with van der Waals surface area (Å²) in [7, 11) is 0. The zero-order chi connectivity index (χ0) is 19.2. The minimum atomic E-state index is -0.225. The monoisotopic (exact) mass is 419 g/mol. The second-order valence-electron chi connectivity index (χ2n) is 5.93. The van der Waals surface area contributed by atoms with Crippen LogP contribution >= 0.6 is 34.7 Å². The summed E-state index contributed by atoms with van der Waals surface area (Å²) in [5.41, 5.74) is 1.69. The van der Waals surface area contributed by atoms with Gasteiger partial charge in [-0.2, -0.15) is 0 Å². The first-order valence-corrected chi connectivity index (χ1v) is 10.5. The van der Waals surface area contributed by atoms with E-state index in [9.17, 15) is 4.79 Å². The van der Waals surface area contributed by atoms with E-state index in [1.165, 1.54) is 11.3 Å². The highest BCUT2D eigenvalue weighted by Gasteiger charge is 2.11. The van der Waals surface area contributed by atoms with Gasteiger partial charge >= 0.3 is 0 Å². The number of ether oxygens (including phenoxy) is 1. The fourth-order valence-electron chi connectivity index (χ4n) is 2.17. The largest absolute Gasteiger partial charge is 0.491 e. The Kier molecular flexibility index (Phi) is 6.71. The van der Waals surface area contributed by atoms with Gasteiger partial charge in [-0.25, -0.2) is 0 Å². The van der Waals surface area contributed by atoms with Crippen molar-refractivity contribution in [2.75, 3.05) is 5.32 Å². The van der Waals surface area contributed by atoms with E-state index in [0.717, 1.165) is 21.4 Å². The second-order valence-corrected chi connectivity index (χ2v) is 8.57. The highest BCUT2D eigenvalue weighted by molar-refractivity contribution is 8.00. The molecule has 0 bridgehead atoms. The van der Waals surface area contributed by atoms with Crippen molar-refractivity contribution < 1.29 is 9.53 Å². The maximum atomic E-state index is 12.3. The van der Waals surface area contributed by atoms with Crippen LogP contribution in [0.3, 0.4) is 0 Å². The summed E-state index contributed by atoms with van der Waals surface area (Å²) in [5, 5.41) is 12.1. The van der Waals surface area contributed by atoms with E-state index < -0.39 is 0 Å². The van der Waals surface area contributed by atoms with Gasteiger partial charge in [0.2, 0.25) is 5.13 Å². The minimum absolute atomic E-state index is 0.0925. The van der Waals surface area contributed by atoms with Crippen LogP contribution in [0.1, 0.15) is 29.8 Å². The number of amides is 1. The van der Waals surface area contributed by atoms with Gasteiger partial charge in [-0.1, -0.05) is 46.8 Å². The first kappa shape index (κ1) is 19.7. The Labute approximate surface area is 171 Å². The molecule has 1 heterocycles. The second kappa shape index (κ2) is 9.21. The lowest BCUT2D eigenvalue weighted by molar-refractivity contribution is 0.102. The van der Waals surface area contributed by atoms with Gasteiger partial charge in [-0.15, -0.1) is 10.2 Å². The van der Waals surface area contributed by atoms with Crippen molar-refractivity contribution in [3.8, 4) is 5.75 Å². The summed E-state index contributed by atoms with van der Waals surface area (Å²) in [6, 6.07) is 14.7. The van der Waals surface area contributed by atoms with Gasteiger partial charge in [-0.05, 0) is 55.8 Å². The van der Waals surface area contributed by atoms with E-state index >= 15 is 0 Å². The van der Waals surface area contributed by atoms with E-state index in [0.29, 0.717) is 15.7 Å². The fourth-order valence-corrected chi connectivity index (χ4v) is 4.00. The molecule has 3 rings (SSSR count). The van der Waals surface area contributed by atoms with Crippen molar-refractivity contribution in [2.45, 2.75) is 30.0 Å². The van der Waals surface area contributed by atoms with Crippen molar-refractivity contribution in [2.24, 2.45) is 0 Å². The quantitative estimate of drug-likeness (QED) is 0.403. The molecule has 1 amide bonds. The number of nitrogens with zero attached hydrogens (tertiary/aromatic N) is 2. The minimum Gasteiger partial charge on any atom is -0.491 e. The summed E-state index contributed by atoms with van der Waals surface area (Å²) in [6.07, 6.45) is 0.0925. The van der Waals surface area contributed by atoms with E-state index in [1.807, 2.05) is 38.1 Å². The van der Waals surface area contributed by atoms with Crippen molar-refractivity contribution in [1.82, 2.24) is 10.2 Å². The lowest BCUT2D eigenvalue weighted by Crippen LogP contribution is -2.12. The van der Waals surface area contributed by atoms with Gasteiger partial charge in [0.25, 0.3) is 5.91 Å². The molecular weight excluding hydrogens is 402 g/mol. The molecule has 1 N–H and O–H groups in total. The molecule has 5 nitrogen and oxygen atoms in total. The molecule has 0 radical (unpaired) electrons. The Bertz CT molecular complexity index is 896. The third-order valence-electron chi connectivity index (χ3n) is 3.39. The zero-order valence-electron chi connectivity index (χ0n) is 14.8. The Morgan fingerprint density at radius 3 is 2.52 bits per heavy atom. The molecule has 0 atom stereocenters. The predicted octanol–water partition coefficient (Wildman–Crippen LogP) is 5.52. The molecule has 0 saturated heterocycles. The Morgan fingerprint density at radius 1 is 1.15 bits per heavy atom. The predicted molar refractivity (Wildman–Crippen MR) is 111 cm³/mol. The number of thioether (sulfide) groups is 1. The topological polar surface area (TPSA) is 64.1 Å². The third kappa shape index (κ3) is 5.95. The Morgan fingerprint density at radius 2 is 1.85 bits per heavy atom. The molecule has 0 unspecified atom stereocenters. The number of anilines is 1. The van der Waals surface area contributed by atoms with Gasteiger partial charge in [0, 0.05) is 16.3 Å². The third-order valence-corrected chi connectivity index (χ3v) is 5.69. The van der Waals surface area contributed by atoms with Gasteiger partial charge in [0.1, 0.15) is 5.75 Å². The number of aromatic nitrogens is 2. The van der Waals surface area contributed by atoms with Crippen molar-refractivity contribution in [3.05, 3.63) is 64.7 Å². The molecule has 0 fully saturated rings. The number of halogens is 1. The summed E-state index contributed by atoms with van der Waals surface area (Å²) < 4.78 is 6.37. The Balaban J connectivity index is 1.55. The maximum Gasteiger partial charge on any atom is 0.257 e. The number of hydrogen-bond acceptors (Lipinski definition) is 6.